The van der Waals surface area contributed by atoms with Crippen LogP contribution in [0.25, 0.3) is 5.57 Å². The number of anilines is 1. The van der Waals surface area contributed by atoms with Crippen molar-refractivity contribution in [2.24, 2.45) is 21.6 Å². The van der Waals surface area contributed by atoms with Gasteiger partial charge < -0.3 is 21.0 Å². The molecule has 2 aromatic carbocycles. The molecule has 0 aliphatic rings. The van der Waals surface area contributed by atoms with Crippen LogP contribution >= 0.6 is 11.8 Å². The molecule has 0 aliphatic carbocycles. The zero-order chi connectivity index (χ0) is 33.2. The largest absolute Gasteiger partial charge is 0.481 e. The van der Waals surface area contributed by atoms with E-state index in [2.05, 4.69) is 30.0 Å². The third-order valence-corrected chi connectivity index (χ3v) is 8.78. The Bertz CT molecular complexity index is 1540. The number of carbonyl (C=O) groups is 2. The summed E-state index contributed by atoms with van der Waals surface area (Å²) in [5, 5.41) is 14.6. The molecular weight excluding hydrogens is 573 g/mol. The molecule has 2 rings (SSSR count). The smallest absolute Gasteiger partial charge is 0.309 e. The Morgan fingerprint density at radius 1 is 1.07 bits per heavy atom. The van der Waals surface area contributed by atoms with Gasteiger partial charge in [-0.25, -0.2) is 9.38 Å². The van der Waals surface area contributed by atoms with E-state index in [1.165, 1.54) is 17.8 Å². The van der Waals surface area contributed by atoms with Crippen molar-refractivity contribution in [1.29, 1.82) is 0 Å². The SMILES string of the molecule is C=C(C)/C(=C(/N)N=C(C)C(=C)c1ccccc1NCc1ccccc1F)C(C)(C=O)C(=C)S/C=C(\C)CCC(C)(C)C(=O)O. The maximum atomic E-state index is 14.2. The number of nitrogens with zero attached hydrogens (tertiary/aromatic N) is 1. The highest BCUT2D eigenvalue weighted by molar-refractivity contribution is 8.05. The van der Waals surface area contributed by atoms with Gasteiger partial charge in [-0.2, -0.15) is 0 Å². The molecule has 44 heavy (non-hydrogen) atoms. The van der Waals surface area contributed by atoms with Crippen LogP contribution in [0.4, 0.5) is 10.1 Å². The van der Waals surface area contributed by atoms with E-state index >= 15 is 0 Å². The molecule has 1 atom stereocenters. The van der Waals surface area contributed by atoms with Crippen LogP contribution in [0.3, 0.4) is 0 Å². The van der Waals surface area contributed by atoms with Crippen molar-refractivity contribution in [3.63, 3.8) is 0 Å². The van der Waals surface area contributed by atoms with E-state index in [-0.39, 0.29) is 18.2 Å². The van der Waals surface area contributed by atoms with Gasteiger partial charge in [-0.3, -0.25) is 4.79 Å². The normalized spacial score (nSPS) is 14.2. The third-order valence-electron chi connectivity index (χ3n) is 7.55. The molecular formula is C36H44FN3O3S. The predicted molar refractivity (Wildman–Crippen MR) is 184 cm³/mol. The summed E-state index contributed by atoms with van der Waals surface area (Å²) in [5.74, 6) is -1.01. The number of carboxylic acid groups (broad SMARTS) is 1. The van der Waals surface area contributed by atoms with E-state index in [4.69, 9.17) is 5.73 Å². The first-order valence-corrected chi connectivity index (χ1v) is 15.1. The minimum Gasteiger partial charge on any atom is -0.481 e. The minimum atomic E-state index is -1.21. The summed E-state index contributed by atoms with van der Waals surface area (Å²) in [6, 6.07) is 14.1. The van der Waals surface area contributed by atoms with Gasteiger partial charge in [0.2, 0.25) is 0 Å². The van der Waals surface area contributed by atoms with Crippen LogP contribution in [0, 0.1) is 16.6 Å². The maximum absolute atomic E-state index is 14.2. The Hall–Kier alpha value is -4.17. The lowest BCUT2D eigenvalue weighted by Gasteiger charge is -2.29. The van der Waals surface area contributed by atoms with E-state index in [0.717, 1.165) is 23.1 Å². The van der Waals surface area contributed by atoms with Gasteiger partial charge in [0.15, 0.2) is 0 Å². The van der Waals surface area contributed by atoms with Crippen molar-refractivity contribution in [2.75, 3.05) is 5.32 Å². The molecule has 234 valence electrons. The third kappa shape index (κ3) is 9.16. The topological polar surface area (TPSA) is 105 Å². The van der Waals surface area contributed by atoms with Gasteiger partial charge in [0.25, 0.3) is 0 Å². The maximum Gasteiger partial charge on any atom is 0.309 e. The van der Waals surface area contributed by atoms with Crippen molar-refractivity contribution in [3.05, 3.63) is 118 Å². The van der Waals surface area contributed by atoms with Crippen LogP contribution < -0.4 is 11.1 Å². The molecule has 2 aromatic rings. The highest BCUT2D eigenvalue weighted by atomic mass is 32.2. The van der Waals surface area contributed by atoms with E-state index in [1.807, 2.05) is 36.6 Å². The standard InChI is InChI=1S/C36H44FN3O3S/c1-23(2)32(36(9,22-41)27(6)44-21-24(3)18-19-35(7,8)34(42)43)33(38)40-26(5)25(4)29-15-11-13-17-31(29)39-20-28-14-10-12-16-30(28)37/h10-17,21-22,39H,1,4,6,18-20,38H2,2-3,5,7-9H3,(H,42,43)/b24-21+,33-32+,40-26?. The molecule has 0 amide bonds. The number of carboxylic acids is 1. The fourth-order valence-electron chi connectivity index (χ4n) is 4.39. The molecule has 0 radical (unpaired) electrons. The number of nitrogens with two attached hydrogens (primary N) is 1. The van der Waals surface area contributed by atoms with Crippen LogP contribution in [-0.2, 0) is 16.1 Å². The van der Waals surface area contributed by atoms with Crippen LogP contribution in [0.15, 0.2) is 106 Å². The number of halogens is 1. The lowest BCUT2D eigenvalue weighted by molar-refractivity contribution is -0.147. The lowest BCUT2D eigenvalue weighted by atomic mass is 9.80. The Balaban J connectivity index is 2.35. The molecule has 0 spiro atoms. The molecule has 0 bridgehead atoms. The first kappa shape index (κ1) is 36.0. The van der Waals surface area contributed by atoms with Gasteiger partial charge in [0.1, 0.15) is 17.9 Å². The number of hydrogen-bond acceptors (Lipinski definition) is 6. The van der Waals surface area contributed by atoms with Crippen molar-refractivity contribution >= 4 is 41.0 Å². The quantitative estimate of drug-likeness (QED) is 0.0987. The number of nitrogens with one attached hydrogen (secondary N) is 1. The molecule has 0 saturated carbocycles. The van der Waals surface area contributed by atoms with Crippen LogP contribution in [0.1, 0.15) is 65.5 Å². The first-order valence-electron chi connectivity index (χ1n) is 14.2. The number of para-hydroxylation sites is 1. The Morgan fingerprint density at radius 2 is 1.68 bits per heavy atom. The summed E-state index contributed by atoms with van der Waals surface area (Å²) in [4.78, 5) is 29.2. The number of aldehydes is 1. The molecule has 0 heterocycles. The second-order valence-corrected chi connectivity index (χ2v) is 12.7. The van der Waals surface area contributed by atoms with Gasteiger partial charge in [0.05, 0.1) is 10.8 Å². The number of carbonyl (C=O) groups excluding carboxylic acids is 1. The zero-order valence-corrected chi connectivity index (χ0v) is 27.4. The van der Waals surface area contributed by atoms with Gasteiger partial charge in [-0.05, 0) is 82.4 Å². The van der Waals surface area contributed by atoms with E-state index in [1.54, 1.807) is 52.8 Å². The predicted octanol–water partition coefficient (Wildman–Crippen LogP) is 8.91. The summed E-state index contributed by atoms with van der Waals surface area (Å²) < 4.78 is 14.2. The van der Waals surface area contributed by atoms with E-state index < -0.39 is 16.8 Å². The first-order chi connectivity index (χ1) is 20.5. The van der Waals surface area contributed by atoms with Gasteiger partial charge in [0, 0.05) is 34.6 Å². The van der Waals surface area contributed by atoms with Crippen LogP contribution in [0.2, 0.25) is 0 Å². The number of rotatable bonds is 16. The molecule has 1 unspecified atom stereocenters. The molecule has 0 saturated heterocycles. The fourth-order valence-corrected chi connectivity index (χ4v) is 5.25. The zero-order valence-electron chi connectivity index (χ0n) is 26.6. The number of allylic oxidation sites excluding steroid dienone is 5. The molecule has 0 aromatic heterocycles. The Morgan fingerprint density at radius 3 is 2.27 bits per heavy atom. The number of thioether (sulfide) groups is 1. The lowest BCUT2D eigenvalue weighted by Crippen LogP contribution is -2.26. The van der Waals surface area contributed by atoms with E-state index in [0.29, 0.717) is 45.7 Å². The van der Waals surface area contributed by atoms with Gasteiger partial charge in [-0.1, -0.05) is 67.3 Å². The summed E-state index contributed by atoms with van der Waals surface area (Å²) in [5.41, 5.74) is 9.71. The summed E-state index contributed by atoms with van der Waals surface area (Å²) >= 11 is 1.30. The van der Waals surface area contributed by atoms with Gasteiger partial charge >= 0.3 is 5.97 Å². The average molecular weight is 618 g/mol. The molecule has 8 heteroatoms. The summed E-state index contributed by atoms with van der Waals surface area (Å²) in [6.07, 6.45) is 1.86. The number of benzene rings is 2. The Kier molecular flexibility index (Phi) is 12.7. The molecule has 0 fully saturated rings. The summed E-state index contributed by atoms with van der Waals surface area (Å²) in [6.45, 7) is 23.4. The minimum absolute atomic E-state index is 0.119. The van der Waals surface area contributed by atoms with Crippen molar-refractivity contribution in [3.8, 4) is 0 Å². The summed E-state index contributed by atoms with van der Waals surface area (Å²) in [7, 11) is 0. The molecule has 6 nitrogen and oxygen atoms in total. The Labute approximate surface area is 265 Å². The average Bonchev–Trinajstić information content (AvgIpc) is 2.97. The van der Waals surface area contributed by atoms with Crippen LogP contribution in [0.5, 0.6) is 0 Å². The molecule has 0 aliphatic heterocycles. The second-order valence-electron chi connectivity index (χ2n) is 11.7. The molecule has 4 N–H and O–H groups in total. The highest BCUT2D eigenvalue weighted by Crippen LogP contribution is 2.43. The van der Waals surface area contributed by atoms with E-state index in [9.17, 15) is 19.1 Å². The van der Waals surface area contributed by atoms with Crippen molar-refractivity contribution in [2.45, 2.75) is 60.9 Å². The number of aliphatic carboxylic acids is 1. The second kappa shape index (κ2) is 15.5. The van der Waals surface area contributed by atoms with Crippen molar-refractivity contribution < 1.29 is 19.1 Å². The monoisotopic (exact) mass is 617 g/mol. The fraction of sp³-hybridized carbons (Fsp3) is 0.306. The number of aliphatic imine (C=N–C) groups is 1. The van der Waals surface area contributed by atoms with Gasteiger partial charge in [-0.15, -0.1) is 11.8 Å². The van der Waals surface area contributed by atoms with Crippen LogP contribution in [-0.4, -0.2) is 23.1 Å². The number of hydrogen-bond donors (Lipinski definition) is 3. The van der Waals surface area contributed by atoms with Crippen molar-refractivity contribution in [1.82, 2.24) is 0 Å². The highest BCUT2D eigenvalue weighted by Gasteiger charge is 2.35.